The number of nitrogens with one attached hydrogen (secondary N) is 1. The molecule has 0 aromatic carbocycles. The predicted octanol–water partition coefficient (Wildman–Crippen LogP) is -0.394. The summed E-state index contributed by atoms with van der Waals surface area (Å²) < 4.78 is 4.47. The maximum absolute atomic E-state index is 10.8. The molecule has 0 aromatic rings. The van der Waals surface area contributed by atoms with Gasteiger partial charge in [0.15, 0.2) is 0 Å². The summed E-state index contributed by atoms with van der Waals surface area (Å²) in [7, 11) is 1.32. The summed E-state index contributed by atoms with van der Waals surface area (Å²) in [5.74, 6) is -0.428. The first-order chi connectivity index (χ1) is 5.24. The molecule has 1 aliphatic heterocycles. The SMILES string of the molecule is COC(=O)C1=CCC(=O)NC1. The van der Waals surface area contributed by atoms with Crippen molar-refractivity contribution in [3.63, 3.8) is 0 Å². The van der Waals surface area contributed by atoms with Gasteiger partial charge in [0.25, 0.3) is 0 Å². The number of methoxy groups -OCH3 is 1. The Morgan fingerprint density at radius 3 is 2.91 bits per heavy atom. The van der Waals surface area contributed by atoms with Gasteiger partial charge in [-0.05, 0) is 0 Å². The van der Waals surface area contributed by atoms with Crippen LogP contribution >= 0.6 is 0 Å². The van der Waals surface area contributed by atoms with Crippen LogP contribution in [-0.4, -0.2) is 25.5 Å². The smallest absolute Gasteiger partial charge is 0.335 e. The van der Waals surface area contributed by atoms with E-state index in [0.717, 1.165) is 0 Å². The maximum atomic E-state index is 10.8. The molecule has 0 saturated heterocycles. The molecule has 0 bridgehead atoms. The Morgan fingerprint density at radius 1 is 1.73 bits per heavy atom. The van der Waals surface area contributed by atoms with Crippen molar-refractivity contribution < 1.29 is 14.3 Å². The van der Waals surface area contributed by atoms with Gasteiger partial charge in [0.1, 0.15) is 0 Å². The standard InChI is InChI=1S/C7H9NO3/c1-11-7(10)5-2-3-6(9)8-4-5/h2H,3-4H2,1H3,(H,8,9). The van der Waals surface area contributed by atoms with Crippen LogP contribution in [-0.2, 0) is 14.3 Å². The Balaban J connectivity index is 2.61. The predicted molar refractivity (Wildman–Crippen MR) is 37.7 cm³/mol. The van der Waals surface area contributed by atoms with E-state index in [0.29, 0.717) is 5.57 Å². The van der Waals surface area contributed by atoms with Crippen molar-refractivity contribution in [2.45, 2.75) is 6.42 Å². The van der Waals surface area contributed by atoms with Crippen LogP contribution in [0.3, 0.4) is 0 Å². The third-order valence-corrected chi connectivity index (χ3v) is 1.46. The van der Waals surface area contributed by atoms with Gasteiger partial charge in [0.2, 0.25) is 5.91 Å². The van der Waals surface area contributed by atoms with Crippen molar-refractivity contribution in [3.8, 4) is 0 Å². The van der Waals surface area contributed by atoms with Crippen LogP contribution in [0.2, 0.25) is 0 Å². The highest BCUT2D eigenvalue weighted by molar-refractivity contribution is 5.92. The molecule has 1 rings (SSSR count). The van der Waals surface area contributed by atoms with E-state index in [1.807, 2.05) is 0 Å². The topological polar surface area (TPSA) is 55.4 Å². The van der Waals surface area contributed by atoms with Crippen molar-refractivity contribution >= 4 is 11.9 Å². The summed E-state index contributed by atoms with van der Waals surface area (Å²) in [6.07, 6.45) is 1.86. The fourth-order valence-electron chi connectivity index (χ4n) is 0.841. The van der Waals surface area contributed by atoms with Crippen LogP contribution in [0.5, 0.6) is 0 Å². The summed E-state index contributed by atoms with van der Waals surface area (Å²) in [6.45, 7) is 0.283. The highest BCUT2D eigenvalue weighted by Crippen LogP contribution is 2.02. The Morgan fingerprint density at radius 2 is 2.45 bits per heavy atom. The van der Waals surface area contributed by atoms with Crippen LogP contribution in [0.4, 0.5) is 0 Å². The molecule has 1 N–H and O–H groups in total. The Labute approximate surface area is 64.2 Å². The lowest BCUT2D eigenvalue weighted by Crippen LogP contribution is -2.31. The van der Waals surface area contributed by atoms with E-state index in [2.05, 4.69) is 10.1 Å². The van der Waals surface area contributed by atoms with Gasteiger partial charge in [-0.15, -0.1) is 0 Å². The highest BCUT2D eigenvalue weighted by atomic mass is 16.5. The van der Waals surface area contributed by atoms with E-state index in [9.17, 15) is 9.59 Å². The Kier molecular flexibility index (Phi) is 2.25. The monoisotopic (exact) mass is 155 g/mol. The Bertz CT molecular complexity index is 220. The van der Waals surface area contributed by atoms with Gasteiger partial charge in [0, 0.05) is 13.0 Å². The second-order valence-electron chi connectivity index (χ2n) is 2.20. The van der Waals surface area contributed by atoms with E-state index >= 15 is 0 Å². The number of ether oxygens (including phenoxy) is 1. The minimum Gasteiger partial charge on any atom is -0.466 e. The fraction of sp³-hybridized carbons (Fsp3) is 0.429. The average Bonchev–Trinajstić information content (AvgIpc) is 2.05. The lowest BCUT2D eigenvalue weighted by atomic mass is 10.1. The minimum absolute atomic E-state index is 0.0577. The summed E-state index contributed by atoms with van der Waals surface area (Å²) in [5.41, 5.74) is 0.520. The molecule has 0 radical (unpaired) electrons. The van der Waals surface area contributed by atoms with Gasteiger partial charge < -0.3 is 10.1 Å². The van der Waals surface area contributed by atoms with Gasteiger partial charge in [-0.1, -0.05) is 6.08 Å². The summed E-state index contributed by atoms with van der Waals surface area (Å²) in [6, 6.07) is 0. The molecule has 4 heteroatoms. The number of hydrogen-bond donors (Lipinski definition) is 1. The zero-order valence-corrected chi connectivity index (χ0v) is 6.22. The quantitative estimate of drug-likeness (QED) is 0.524. The van der Waals surface area contributed by atoms with E-state index in [1.54, 1.807) is 6.08 Å². The van der Waals surface area contributed by atoms with Gasteiger partial charge >= 0.3 is 5.97 Å². The number of esters is 1. The highest BCUT2D eigenvalue weighted by Gasteiger charge is 2.14. The molecule has 1 amide bonds. The zero-order chi connectivity index (χ0) is 8.27. The molecule has 1 heterocycles. The lowest BCUT2D eigenvalue weighted by molar-refractivity contribution is -0.136. The summed E-state index contributed by atoms with van der Waals surface area (Å²) in [5, 5.41) is 2.54. The van der Waals surface area contributed by atoms with Gasteiger partial charge in [0.05, 0.1) is 12.7 Å². The lowest BCUT2D eigenvalue weighted by Gasteiger charge is -2.11. The molecule has 0 saturated carbocycles. The molecular formula is C7H9NO3. The number of amides is 1. The van der Waals surface area contributed by atoms with Crippen molar-refractivity contribution in [3.05, 3.63) is 11.6 Å². The maximum Gasteiger partial charge on any atom is 0.335 e. The van der Waals surface area contributed by atoms with Crippen molar-refractivity contribution in [1.82, 2.24) is 5.32 Å². The van der Waals surface area contributed by atoms with E-state index in [-0.39, 0.29) is 24.8 Å². The average molecular weight is 155 g/mol. The number of rotatable bonds is 1. The van der Waals surface area contributed by atoms with Crippen LogP contribution < -0.4 is 5.32 Å². The largest absolute Gasteiger partial charge is 0.466 e. The van der Waals surface area contributed by atoms with Crippen LogP contribution in [0.15, 0.2) is 11.6 Å². The molecule has 0 fully saturated rings. The van der Waals surface area contributed by atoms with Gasteiger partial charge in [-0.2, -0.15) is 0 Å². The van der Waals surface area contributed by atoms with Crippen molar-refractivity contribution in [1.29, 1.82) is 0 Å². The molecule has 0 atom stereocenters. The number of carbonyl (C=O) groups excluding carboxylic acids is 2. The first kappa shape index (κ1) is 7.78. The molecule has 1 aliphatic rings. The fourth-order valence-corrected chi connectivity index (χ4v) is 0.841. The Hall–Kier alpha value is -1.32. The van der Waals surface area contributed by atoms with Gasteiger partial charge in [-0.3, -0.25) is 4.79 Å². The van der Waals surface area contributed by atoms with Crippen LogP contribution in [0.25, 0.3) is 0 Å². The molecule has 0 aromatic heterocycles. The summed E-state index contributed by atoms with van der Waals surface area (Å²) in [4.78, 5) is 21.4. The van der Waals surface area contributed by atoms with Crippen LogP contribution in [0, 0.1) is 0 Å². The zero-order valence-electron chi connectivity index (χ0n) is 6.22. The van der Waals surface area contributed by atoms with E-state index < -0.39 is 0 Å². The van der Waals surface area contributed by atoms with Crippen molar-refractivity contribution in [2.24, 2.45) is 0 Å². The van der Waals surface area contributed by atoms with Crippen molar-refractivity contribution in [2.75, 3.05) is 13.7 Å². The van der Waals surface area contributed by atoms with Crippen LogP contribution in [0.1, 0.15) is 6.42 Å². The molecule has 4 nitrogen and oxygen atoms in total. The molecule has 0 unspecified atom stereocenters. The first-order valence-electron chi connectivity index (χ1n) is 3.28. The second kappa shape index (κ2) is 3.18. The number of hydrogen-bond acceptors (Lipinski definition) is 3. The first-order valence-corrected chi connectivity index (χ1v) is 3.28. The molecule has 0 aliphatic carbocycles. The third-order valence-electron chi connectivity index (χ3n) is 1.46. The third kappa shape index (κ3) is 1.80. The molecule has 60 valence electrons. The number of carbonyl (C=O) groups is 2. The van der Waals surface area contributed by atoms with E-state index in [4.69, 9.17) is 0 Å². The van der Waals surface area contributed by atoms with Gasteiger partial charge in [-0.25, -0.2) is 4.79 Å². The molecular weight excluding hydrogens is 146 g/mol. The molecule has 0 spiro atoms. The molecule has 11 heavy (non-hydrogen) atoms. The van der Waals surface area contributed by atoms with E-state index in [1.165, 1.54) is 7.11 Å². The minimum atomic E-state index is -0.370. The second-order valence-corrected chi connectivity index (χ2v) is 2.20. The summed E-state index contributed by atoms with van der Waals surface area (Å²) >= 11 is 0. The normalized spacial score (nSPS) is 16.8.